The molecule has 22 heavy (non-hydrogen) atoms. The van der Waals surface area contributed by atoms with Crippen molar-refractivity contribution in [2.24, 2.45) is 0 Å². The van der Waals surface area contributed by atoms with Gasteiger partial charge in [-0.25, -0.2) is 0 Å². The van der Waals surface area contributed by atoms with Crippen molar-refractivity contribution in [2.75, 3.05) is 0 Å². The van der Waals surface area contributed by atoms with Crippen LogP contribution in [0.15, 0.2) is 48.8 Å². The standard InChI is InChI=1S/C15H14F2N2O3/c1-10(11-2-4-13(5-3-11)22-15(16)17)18-14(20)12-6-8-19(21)9-7-12/h2-10,15H,1H3,(H,18,20). The van der Waals surface area contributed by atoms with Gasteiger partial charge in [0.2, 0.25) is 0 Å². The van der Waals surface area contributed by atoms with E-state index in [1.807, 2.05) is 0 Å². The highest BCUT2D eigenvalue weighted by Gasteiger charge is 2.12. The van der Waals surface area contributed by atoms with Crippen LogP contribution in [-0.4, -0.2) is 12.5 Å². The van der Waals surface area contributed by atoms with Gasteiger partial charge in [0.15, 0.2) is 12.4 Å². The highest BCUT2D eigenvalue weighted by molar-refractivity contribution is 5.94. The second kappa shape index (κ2) is 6.84. The van der Waals surface area contributed by atoms with Crippen LogP contribution in [0.5, 0.6) is 5.75 Å². The lowest BCUT2D eigenvalue weighted by Crippen LogP contribution is -2.29. The maximum Gasteiger partial charge on any atom is 0.387 e. The minimum Gasteiger partial charge on any atom is -0.619 e. The molecule has 1 aromatic heterocycles. The van der Waals surface area contributed by atoms with Gasteiger partial charge in [0.25, 0.3) is 5.91 Å². The first-order valence-corrected chi connectivity index (χ1v) is 6.50. The minimum atomic E-state index is -2.87. The molecule has 2 aromatic rings. The minimum absolute atomic E-state index is 0.0559. The maximum absolute atomic E-state index is 12.1. The SMILES string of the molecule is CC(NC(=O)c1cc[n+]([O-])cc1)c1ccc(OC(F)F)cc1. The predicted octanol–water partition coefficient (Wildman–Crippen LogP) is 2.41. The van der Waals surface area contributed by atoms with Gasteiger partial charge in [-0.1, -0.05) is 12.1 Å². The van der Waals surface area contributed by atoms with Crippen molar-refractivity contribution in [1.29, 1.82) is 0 Å². The van der Waals surface area contributed by atoms with Crippen LogP contribution in [0.25, 0.3) is 0 Å². The third kappa shape index (κ3) is 4.15. The van der Waals surface area contributed by atoms with Crippen LogP contribution in [0.3, 0.4) is 0 Å². The molecule has 7 heteroatoms. The number of pyridine rings is 1. The van der Waals surface area contributed by atoms with E-state index in [1.165, 1.54) is 36.7 Å². The van der Waals surface area contributed by atoms with E-state index in [2.05, 4.69) is 10.1 Å². The molecule has 0 spiro atoms. The number of amides is 1. The van der Waals surface area contributed by atoms with Gasteiger partial charge in [-0.15, -0.1) is 0 Å². The fourth-order valence-electron chi connectivity index (χ4n) is 1.87. The average Bonchev–Trinajstić information content (AvgIpc) is 2.48. The molecule has 1 amide bonds. The normalized spacial score (nSPS) is 12.0. The molecule has 0 aliphatic carbocycles. The van der Waals surface area contributed by atoms with Gasteiger partial charge in [-0.3, -0.25) is 4.79 Å². The summed E-state index contributed by atoms with van der Waals surface area (Å²) in [6.45, 7) is -1.11. The number of carbonyl (C=O) groups excluding carboxylic acids is 1. The molecule has 1 atom stereocenters. The Labute approximate surface area is 125 Å². The van der Waals surface area contributed by atoms with Gasteiger partial charge in [0, 0.05) is 12.1 Å². The van der Waals surface area contributed by atoms with Crippen LogP contribution in [0.1, 0.15) is 28.9 Å². The van der Waals surface area contributed by atoms with E-state index < -0.39 is 6.61 Å². The van der Waals surface area contributed by atoms with Crippen molar-refractivity contribution >= 4 is 5.91 Å². The van der Waals surface area contributed by atoms with E-state index in [-0.39, 0.29) is 17.7 Å². The molecular weight excluding hydrogens is 294 g/mol. The zero-order valence-electron chi connectivity index (χ0n) is 11.7. The summed E-state index contributed by atoms with van der Waals surface area (Å²) in [7, 11) is 0. The van der Waals surface area contributed by atoms with Crippen molar-refractivity contribution in [1.82, 2.24) is 5.32 Å². The van der Waals surface area contributed by atoms with Gasteiger partial charge in [0.05, 0.1) is 11.6 Å². The molecule has 1 N–H and O–H groups in total. The molecule has 2 rings (SSSR count). The van der Waals surface area contributed by atoms with Crippen LogP contribution in [0, 0.1) is 5.21 Å². The molecule has 0 saturated carbocycles. The Morgan fingerprint density at radius 3 is 2.32 bits per heavy atom. The molecular formula is C15H14F2N2O3. The quantitative estimate of drug-likeness (QED) is 0.681. The molecule has 5 nitrogen and oxygen atoms in total. The Balaban J connectivity index is 2.00. The van der Waals surface area contributed by atoms with Crippen LogP contribution < -0.4 is 14.8 Å². The molecule has 1 aromatic carbocycles. The Morgan fingerprint density at radius 2 is 1.77 bits per heavy atom. The first-order valence-electron chi connectivity index (χ1n) is 6.50. The molecule has 116 valence electrons. The molecule has 0 radical (unpaired) electrons. The monoisotopic (exact) mass is 308 g/mol. The number of nitrogens with zero attached hydrogens (tertiary/aromatic N) is 1. The number of rotatable bonds is 5. The number of alkyl halides is 2. The van der Waals surface area contributed by atoms with Crippen molar-refractivity contribution in [3.05, 3.63) is 65.1 Å². The van der Waals surface area contributed by atoms with E-state index >= 15 is 0 Å². The lowest BCUT2D eigenvalue weighted by atomic mass is 10.1. The van der Waals surface area contributed by atoms with E-state index in [9.17, 15) is 18.8 Å². The summed E-state index contributed by atoms with van der Waals surface area (Å²) in [5.74, 6) is -0.277. The number of ether oxygens (including phenoxy) is 1. The predicted molar refractivity (Wildman–Crippen MR) is 74.4 cm³/mol. The molecule has 0 fully saturated rings. The van der Waals surface area contributed by atoms with Gasteiger partial charge < -0.3 is 15.3 Å². The van der Waals surface area contributed by atoms with Crippen LogP contribution in [0.2, 0.25) is 0 Å². The average molecular weight is 308 g/mol. The summed E-state index contributed by atoms with van der Waals surface area (Å²) in [6, 6.07) is 8.51. The topological polar surface area (TPSA) is 65.3 Å². The Kier molecular flexibility index (Phi) is 4.88. The van der Waals surface area contributed by atoms with E-state index in [0.717, 1.165) is 5.56 Å². The van der Waals surface area contributed by atoms with Crippen molar-refractivity contribution in [3.63, 3.8) is 0 Å². The zero-order chi connectivity index (χ0) is 16.1. The smallest absolute Gasteiger partial charge is 0.387 e. The second-order valence-electron chi connectivity index (χ2n) is 4.59. The zero-order valence-corrected chi connectivity index (χ0v) is 11.7. The summed E-state index contributed by atoms with van der Waals surface area (Å²) in [5, 5.41) is 13.7. The largest absolute Gasteiger partial charge is 0.619 e. The summed E-state index contributed by atoms with van der Waals surface area (Å²) in [4.78, 5) is 12.0. The van der Waals surface area contributed by atoms with E-state index in [4.69, 9.17) is 0 Å². The molecule has 1 heterocycles. The summed E-state index contributed by atoms with van der Waals surface area (Å²) >= 11 is 0. The van der Waals surface area contributed by atoms with E-state index in [1.54, 1.807) is 19.1 Å². The first-order chi connectivity index (χ1) is 10.5. The number of benzene rings is 1. The lowest BCUT2D eigenvalue weighted by molar-refractivity contribution is -0.605. The van der Waals surface area contributed by atoms with Gasteiger partial charge in [-0.2, -0.15) is 13.5 Å². The number of halogens is 2. The van der Waals surface area contributed by atoms with Crippen molar-refractivity contribution in [3.8, 4) is 5.75 Å². The molecule has 0 saturated heterocycles. The number of aromatic nitrogens is 1. The highest BCUT2D eigenvalue weighted by Crippen LogP contribution is 2.19. The van der Waals surface area contributed by atoms with Gasteiger partial charge >= 0.3 is 6.61 Å². The third-order valence-electron chi connectivity index (χ3n) is 3.02. The second-order valence-corrected chi connectivity index (χ2v) is 4.59. The summed E-state index contributed by atoms with van der Waals surface area (Å²) < 4.78 is 29.0. The molecule has 0 bridgehead atoms. The first kappa shape index (κ1) is 15.7. The lowest BCUT2D eigenvalue weighted by Gasteiger charge is -2.15. The summed E-state index contributed by atoms with van der Waals surface area (Å²) in [6.07, 6.45) is 2.46. The molecule has 0 aliphatic rings. The van der Waals surface area contributed by atoms with Crippen LogP contribution in [-0.2, 0) is 0 Å². The Bertz CT molecular complexity index is 630. The highest BCUT2D eigenvalue weighted by atomic mass is 19.3. The van der Waals surface area contributed by atoms with Crippen LogP contribution >= 0.6 is 0 Å². The van der Waals surface area contributed by atoms with Crippen molar-refractivity contribution < 1.29 is 23.0 Å². The molecule has 0 aliphatic heterocycles. The van der Waals surface area contributed by atoms with Gasteiger partial charge in [0.1, 0.15) is 5.75 Å². The third-order valence-corrected chi connectivity index (χ3v) is 3.02. The molecule has 1 unspecified atom stereocenters. The number of hydrogen-bond donors (Lipinski definition) is 1. The van der Waals surface area contributed by atoms with Gasteiger partial charge in [-0.05, 0) is 24.6 Å². The van der Waals surface area contributed by atoms with Crippen LogP contribution in [0.4, 0.5) is 8.78 Å². The summed E-state index contributed by atoms with van der Waals surface area (Å²) in [5.41, 5.74) is 1.10. The maximum atomic E-state index is 12.1. The van der Waals surface area contributed by atoms with Crippen molar-refractivity contribution in [2.45, 2.75) is 19.6 Å². The number of hydrogen-bond acceptors (Lipinski definition) is 3. The fraction of sp³-hybridized carbons (Fsp3) is 0.200. The Hall–Kier alpha value is -2.70. The fourth-order valence-corrected chi connectivity index (χ4v) is 1.87. The van der Waals surface area contributed by atoms with E-state index in [0.29, 0.717) is 10.3 Å². The number of nitrogens with one attached hydrogen (secondary N) is 1. The number of carbonyl (C=O) groups is 1. The Morgan fingerprint density at radius 1 is 1.18 bits per heavy atom.